The van der Waals surface area contributed by atoms with E-state index in [4.69, 9.17) is 39.5 Å². The van der Waals surface area contributed by atoms with Crippen molar-refractivity contribution in [2.45, 2.75) is 23.9 Å². The fraction of sp³-hybridized carbons (Fsp3) is 0.188. The monoisotopic (exact) mass is 673 g/mol. The van der Waals surface area contributed by atoms with Gasteiger partial charge in [-0.1, -0.05) is 89.4 Å². The summed E-state index contributed by atoms with van der Waals surface area (Å²) < 4.78 is 34.3. The molecule has 4 rings (SSSR count). The van der Waals surface area contributed by atoms with Gasteiger partial charge in [0.25, 0.3) is 10.0 Å². The van der Waals surface area contributed by atoms with E-state index in [1.807, 2.05) is 30.3 Å². The first kappa shape index (κ1) is 33.1. The number of carbonyl (C=O) groups excluding carboxylic acids is 2. The Morgan fingerprint density at radius 1 is 0.864 bits per heavy atom. The van der Waals surface area contributed by atoms with E-state index >= 15 is 0 Å². The molecule has 12 heteroatoms. The molecule has 0 aromatic heterocycles. The van der Waals surface area contributed by atoms with E-state index in [2.05, 4.69) is 5.32 Å². The molecule has 0 unspecified atom stereocenters. The maximum atomic E-state index is 14.4. The van der Waals surface area contributed by atoms with Gasteiger partial charge in [-0.3, -0.25) is 13.9 Å². The lowest BCUT2D eigenvalue weighted by Crippen LogP contribution is -2.53. The van der Waals surface area contributed by atoms with Crippen LogP contribution in [0.25, 0.3) is 0 Å². The second-order valence-corrected chi connectivity index (χ2v) is 12.8. The van der Waals surface area contributed by atoms with Crippen LogP contribution in [-0.2, 0) is 32.6 Å². The summed E-state index contributed by atoms with van der Waals surface area (Å²) >= 11 is 19.0. The number of halogens is 3. The molecule has 4 aromatic rings. The van der Waals surface area contributed by atoms with Crippen LogP contribution in [0.3, 0.4) is 0 Å². The number of rotatable bonds is 12. The SMILES string of the molecule is CNC(=O)[C@H](Cc1ccccc1)N(Cc1ccc(Cl)cc1Cl)C(=O)CN(c1ccc(OC)c(Cl)c1)S(=O)(=O)c1ccccc1. The van der Waals surface area contributed by atoms with Gasteiger partial charge in [0.2, 0.25) is 11.8 Å². The van der Waals surface area contributed by atoms with Crippen molar-refractivity contribution >= 4 is 62.3 Å². The lowest BCUT2D eigenvalue weighted by atomic mass is 10.0. The highest BCUT2D eigenvalue weighted by atomic mass is 35.5. The predicted molar refractivity (Wildman–Crippen MR) is 174 cm³/mol. The molecule has 0 saturated carbocycles. The molecule has 0 bridgehead atoms. The third-order valence-electron chi connectivity index (χ3n) is 6.91. The zero-order valence-electron chi connectivity index (χ0n) is 23.9. The Labute approximate surface area is 272 Å². The van der Waals surface area contributed by atoms with Gasteiger partial charge in [-0.05, 0) is 53.6 Å². The third-order valence-corrected chi connectivity index (χ3v) is 9.58. The van der Waals surface area contributed by atoms with Gasteiger partial charge in [-0.15, -0.1) is 0 Å². The molecular formula is C32H30Cl3N3O5S. The van der Waals surface area contributed by atoms with Crippen LogP contribution in [-0.4, -0.2) is 51.9 Å². The van der Waals surface area contributed by atoms with Crippen LogP contribution >= 0.6 is 34.8 Å². The van der Waals surface area contributed by atoms with E-state index < -0.39 is 34.4 Å². The Bertz CT molecular complexity index is 1720. The number of benzene rings is 4. The molecule has 0 spiro atoms. The van der Waals surface area contributed by atoms with Gasteiger partial charge in [0.05, 0.1) is 22.7 Å². The standard InChI is InChI=1S/C32H30Cl3N3O5S/c1-36-32(40)29(17-22-9-5-3-6-10-22)37(20-23-13-14-24(33)18-27(23)34)31(39)21-38(25-15-16-30(43-2)28(35)19-25)44(41,42)26-11-7-4-8-12-26/h3-16,18-19,29H,17,20-21H2,1-2H3,(H,36,40)/t29-/m0/s1. The van der Waals surface area contributed by atoms with E-state index in [1.54, 1.807) is 36.4 Å². The largest absolute Gasteiger partial charge is 0.495 e. The number of amides is 2. The Hall–Kier alpha value is -3.76. The summed E-state index contributed by atoms with van der Waals surface area (Å²) in [5.74, 6) is -0.746. The minimum Gasteiger partial charge on any atom is -0.495 e. The lowest BCUT2D eigenvalue weighted by Gasteiger charge is -2.34. The quantitative estimate of drug-likeness (QED) is 0.192. The number of hydrogen-bond acceptors (Lipinski definition) is 5. The van der Waals surface area contributed by atoms with Gasteiger partial charge in [0.1, 0.15) is 18.3 Å². The average molecular weight is 675 g/mol. The van der Waals surface area contributed by atoms with Crippen LogP contribution in [0.2, 0.25) is 15.1 Å². The first-order valence-corrected chi connectivity index (χ1v) is 16.0. The maximum absolute atomic E-state index is 14.4. The Kier molecular flexibility index (Phi) is 11.2. The van der Waals surface area contributed by atoms with E-state index in [1.165, 1.54) is 49.4 Å². The van der Waals surface area contributed by atoms with Crippen LogP contribution in [0.15, 0.2) is 102 Å². The molecule has 0 aliphatic carbocycles. The molecule has 0 heterocycles. The topological polar surface area (TPSA) is 96.0 Å². The van der Waals surface area contributed by atoms with Crippen LogP contribution < -0.4 is 14.4 Å². The van der Waals surface area contributed by atoms with Crippen molar-refractivity contribution in [3.8, 4) is 5.75 Å². The van der Waals surface area contributed by atoms with Crippen LogP contribution in [0.5, 0.6) is 5.75 Å². The van der Waals surface area contributed by atoms with E-state index in [0.29, 0.717) is 21.4 Å². The van der Waals surface area contributed by atoms with E-state index in [-0.39, 0.29) is 28.6 Å². The predicted octanol–water partition coefficient (Wildman–Crippen LogP) is 6.24. The summed E-state index contributed by atoms with van der Waals surface area (Å²) in [6.07, 6.45) is 0.164. The summed E-state index contributed by atoms with van der Waals surface area (Å²) in [5.41, 5.74) is 1.46. The average Bonchev–Trinajstić information content (AvgIpc) is 3.02. The zero-order valence-corrected chi connectivity index (χ0v) is 27.0. The number of ether oxygens (including phenoxy) is 1. The molecule has 1 atom stereocenters. The maximum Gasteiger partial charge on any atom is 0.264 e. The molecule has 0 aliphatic heterocycles. The van der Waals surface area contributed by atoms with Gasteiger partial charge in [0.15, 0.2) is 0 Å². The number of hydrogen-bond donors (Lipinski definition) is 1. The van der Waals surface area contributed by atoms with E-state index in [0.717, 1.165) is 9.87 Å². The first-order chi connectivity index (χ1) is 21.0. The number of sulfonamides is 1. The van der Waals surface area contributed by atoms with E-state index in [9.17, 15) is 18.0 Å². The van der Waals surface area contributed by atoms with Gasteiger partial charge < -0.3 is 15.0 Å². The van der Waals surface area contributed by atoms with Crippen molar-refractivity contribution in [2.24, 2.45) is 0 Å². The van der Waals surface area contributed by atoms with Gasteiger partial charge in [-0.2, -0.15) is 0 Å². The van der Waals surface area contributed by atoms with Gasteiger partial charge >= 0.3 is 0 Å². The summed E-state index contributed by atoms with van der Waals surface area (Å²) in [5, 5.41) is 3.49. The fourth-order valence-electron chi connectivity index (χ4n) is 4.61. The highest BCUT2D eigenvalue weighted by Crippen LogP contribution is 2.32. The number of methoxy groups -OCH3 is 1. The molecule has 4 aromatic carbocycles. The molecule has 0 fully saturated rings. The summed E-state index contributed by atoms with van der Waals surface area (Å²) in [7, 11) is -1.36. The van der Waals surface area contributed by atoms with Crippen molar-refractivity contribution in [3.05, 3.63) is 123 Å². The lowest BCUT2D eigenvalue weighted by molar-refractivity contribution is -0.139. The first-order valence-electron chi connectivity index (χ1n) is 13.5. The number of carbonyl (C=O) groups is 2. The third kappa shape index (κ3) is 7.84. The molecule has 1 N–H and O–H groups in total. The Morgan fingerprint density at radius 3 is 2.11 bits per heavy atom. The summed E-state index contributed by atoms with van der Waals surface area (Å²) in [4.78, 5) is 29.0. The number of nitrogens with one attached hydrogen (secondary N) is 1. The van der Waals surface area contributed by atoms with Crippen LogP contribution in [0, 0.1) is 0 Å². The van der Waals surface area contributed by atoms with Gasteiger partial charge in [-0.25, -0.2) is 8.42 Å². The zero-order chi connectivity index (χ0) is 31.9. The normalized spacial score (nSPS) is 11.8. The number of likely N-dealkylation sites (N-methyl/N-ethyl adjacent to an activating group) is 1. The molecule has 230 valence electrons. The smallest absolute Gasteiger partial charge is 0.264 e. The van der Waals surface area contributed by atoms with Crippen molar-refractivity contribution in [1.82, 2.24) is 10.2 Å². The second kappa shape index (κ2) is 14.8. The molecule has 44 heavy (non-hydrogen) atoms. The second-order valence-electron chi connectivity index (χ2n) is 9.72. The van der Waals surface area contributed by atoms with Crippen molar-refractivity contribution < 1.29 is 22.7 Å². The molecule has 0 radical (unpaired) electrons. The highest BCUT2D eigenvalue weighted by molar-refractivity contribution is 7.92. The highest BCUT2D eigenvalue weighted by Gasteiger charge is 2.34. The minimum atomic E-state index is -4.27. The summed E-state index contributed by atoms with van der Waals surface area (Å²) in [6, 6.07) is 25.2. The molecule has 2 amide bonds. The minimum absolute atomic E-state index is 0.0285. The molecule has 0 aliphatic rings. The van der Waals surface area contributed by atoms with Crippen molar-refractivity contribution in [1.29, 1.82) is 0 Å². The number of nitrogens with zero attached hydrogens (tertiary/aromatic N) is 2. The Balaban J connectivity index is 1.82. The molecule has 8 nitrogen and oxygen atoms in total. The molecular weight excluding hydrogens is 645 g/mol. The van der Waals surface area contributed by atoms with Crippen LogP contribution in [0.4, 0.5) is 5.69 Å². The fourth-order valence-corrected chi connectivity index (χ4v) is 6.76. The molecule has 0 saturated heterocycles. The number of anilines is 1. The van der Waals surface area contributed by atoms with Crippen LogP contribution in [0.1, 0.15) is 11.1 Å². The van der Waals surface area contributed by atoms with Crippen molar-refractivity contribution in [3.63, 3.8) is 0 Å². The Morgan fingerprint density at radius 2 is 1.52 bits per heavy atom. The van der Waals surface area contributed by atoms with Gasteiger partial charge in [0, 0.05) is 30.1 Å². The summed E-state index contributed by atoms with van der Waals surface area (Å²) in [6.45, 7) is -0.740. The van der Waals surface area contributed by atoms with Crippen molar-refractivity contribution in [2.75, 3.05) is 25.0 Å².